The van der Waals surface area contributed by atoms with E-state index in [1.807, 2.05) is 36.2 Å². The fraction of sp³-hybridized carbons (Fsp3) is 0.364. The van der Waals surface area contributed by atoms with Crippen molar-refractivity contribution in [2.45, 2.75) is 19.1 Å². The molecule has 0 radical (unpaired) electrons. The maximum Gasteiger partial charge on any atom is 0.252 e. The minimum Gasteiger partial charge on any atom is -0.441 e. The van der Waals surface area contributed by atoms with E-state index in [1.54, 1.807) is 6.08 Å². The second-order valence-electron chi connectivity index (χ2n) is 7.87. The number of aryl methyl sites for hydroxylation is 1. The quantitative estimate of drug-likeness (QED) is 0.714. The Morgan fingerprint density at radius 1 is 1.21 bits per heavy atom. The summed E-state index contributed by atoms with van der Waals surface area (Å²) in [6.07, 6.45) is 9.35. The first kappa shape index (κ1) is 18.6. The van der Waals surface area contributed by atoms with Crippen molar-refractivity contribution < 1.29 is 9.21 Å². The van der Waals surface area contributed by atoms with Gasteiger partial charge in [-0.1, -0.05) is 20.7 Å². The zero-order chi connectivity index (χ0) is 20.0. The summed E-state index contributed by atoms with van der Waals surface area (Å²) in [6, 6.07) is 6.00. The zero-order valence-electron chi connectivity index (χ0n) is 16.8. The second-order valence-corrected chi connectivity index (χ2v) is 9.28. The van der Waals surface area contributed by atoms with Gasteiger partial charge in [-0.2, -0.15) is 0 Å². The zero-order valence-corrected chi connectivity index (χ0v) is 17.8. The molecule has 4 heterocycles. The van der Waals surface area contributed by atoms with E-state index in [9.17, 15) is 4.79 Å². The number of likely N-dealkylation sites (N-methyl/N-ethyl adjacent to an activating group) is 1. The van der Waals surface area contributed by atoms with Gasteiger partial charge in [0.15, 0.2) is 11.5 Å². The molecule has 1 aromatic carbocycles. The van der Waals surface area contributed by atoms with Crippen LogP contribution in [0.4, 0.5) is 0 Å². The van der Waals surface area contributed by atoms with Gasteiger partial charge < -0.3 is 19.1 Å². The van der Waals surface area contributed by atoms with Gasteiger partial charge in [0.25, 0.3) is 5.91 Å². The Hall–Kier alpha value is -2.43. The molecular weight excluding hydrogens is 383 g/mol. The third-order valence-electron chi connectivity index (χ3n) is 5.74. The Bertz CT molecular complexity index is 1050. The summed E-state index contributed by atoms with van der Waals surface area (Å²) < 4.78 is 5.67. The first-order valence-electron chi connectivity index (χ1n) is 10.1. The normalized spacial score (nSPS) is 23.9. The number of nitrogens with zero attached hydrogens (tertiary/aromatic N) is 4. The van der Waals surface area contributed by atoms with Crippen molar-refractivity contribution in [1.82, 2.24) is 19.7 Å². The smallest absolute Gasteiger partial charge is 0.252 e. The van der Waals surface area contributed by atoms with Gasteiger partial charge in [0.2, 0.25) is 0 Å². The molecule has 3 aliphatic heterocycles. The Balaban J connectivity index is 1.39. The van der Waals surface area contributed by atoms with Crippen LogP contribution >= 0.6 is 8.58 Å². The molecule has 6 nitrogen and oxygen atoms in total. The van der Waals surface area contributed by atoms with E-state index in [-0.39, 0.29) is 11.7 Å². The first-order chi connectivity index (χ1) is 14.1. The van der Waals surface area contributed by atoms with Crippen LogP contribution in [-0.2, 0) is 4.79 Å². The lowest BCUT2D eigenvalue weighted by atomic mass is 10.1. The Morgan fingerprint density at radius 3 is 3.00 bits per heavy atom. The molecule has 7 heteroatoms. The molecule has 1 fully saturated rings. The highest BCUT2D eigenvalue weighted by molar-refractivity contribution is 7.51. The topological polar surface area (TPSA) is 52.8 Å². The van der Waals surface area contributed by atoms with Crippen LogP contribution in [0.25, 0.3) is 16.4 Å². The van der Waals surface area contributed by atoms with E-state index >= 15 is 0 Å². The summed E-state index contributed by atoms with van der Waals surface area (Å²) in [6.45, 7) is 6.06. The molecule has 1 saturated heterocycles. The second kappa shape index (κ2) is 7.43. The SMILES string of the molecule is Cc1nc2ccc(C3=CC(=O)N4C=C(N5CCCN(C)CC5)C=CC4P3)cc2o1. The molecule has 2 atom stereocenters. The summed E-state index contributed by atoms with van der Waals surface area (Å²) in [5.74, 6) is 0.798. The van der Waals surface area contributed by atoms with Crippen LogP contribution in [0.3, 0.4) is 0 Å². The number of allylic oxidation sites excluding steroid dienone is 1. The third kappa shape index (κ3) is 3.63. The molecule has 5 rings (SSSR count). The van der Waals surface area contributed by atoms with Crippen LogP contribution in [0.15, 0.2) is 52.7 Å². The Morgan fingerprint density at radius 2 is 2.10 bits per heavy atom. The number of oxazole rings is 1. The summed E-state index contributed by atoms with van der Waals surface area (Å²) in [5.41, 5.74) is 3.81. The number of amides is 1. The average Bonchev–Trinajstić information content (AvgIpc) is 2.95. The molecule has 1 aromatic heterocycles. The van der Waals surface area contributed by atoms with Gasteiger partial charge in [-0.3, -0.25) is 4.79 Å². The predicted octanol–water partition coefficient (Wildman–Crippen LogP) is 3.37. The van der Waals surface area contributed by atoms with Gasteiger partial charge in [-0.05, 0) is 49.1 Å². The van der Waals surface area contributed by atoms with Crippen molar-refractivity contribution in [3.8, 4) is 0 Å². The molecule has 0 N–H and O–H groups in total. The molecule has 0 bridgehead atoms. The van der Waals surface area contributed by atoms with E-state index in [0.29, 0.717) is 14.5 Å². The standard InChI is InChI=1S/C22H25N4O2P/c1-15-23-18-6-4-16(12-19(18)28-15)20-13-21(27)26-14-17(5-7-22(26)29-20)25-9-3-8-24(2)10-11-25/h4-7,12-14,22,29H,3,8-11H2,1-2H3. The van der Waals surface area contributed by atoms with Crippen LogP contribution in [0.2, 0.25) is 0 Å². The lowest BCUT2D eigenvalue weighted by molar-refractivity contribution is -0.123. The lowest BCUT2D eigenvalue weighted by Gasteiger charge is -2.36. The highest BCUT2D eigenvalue weighted by Crippen LogP contribution is 2.45. The molecule has 0 spiro atoms. The molecule has 29 heavy (non-hydrogen) atoms. The predicted molar refractivity (Wildman–Crippen MR) is 117 cm³/mol. The maximum absolute atomic E-state index is 12.9. The van der Waals surface area contributed by atoms with Crippen LogP contribution in [0.1, 0.15) is 17.9 Å². The molecule has 0 aliphatic carbocycles. The van der Waals surface area contributed by atoms with E-state index < -0.39 is 0 Å². The summed E-state index contributed by atoms with van der Waals surface area (Å²) in [7, 11) is 2.67. The van der Waals surface area contributed by atoms with Crippen molar-refractivity contribution >= 4 is 30.9 Å². The number of aromatic nitrogens is 1. The van der Waals surface area contributed by atoms with E-state index in [0.717, 1.165) is 60.3 Å². The summed E-state index contributed by atoms with van der Waals surface area (Å²) >= 11 is 0. The molecule has 3 aliphatic rings. The van der Waals surface area contributed by atoms with Crippen molar-refractivity contribution in [3.63, 3.8) is 0 Å². The van der Waals surface area contributed by atoms with Crippen LogP contribution in [0, 0.1) is 6.92 Å². The molecule has 2 aromatic rings. The molecule has 150 valence electrons. The highest BCUT2D eigenvalue weighted by Gasteiger charge is 2.30. The number of rotatable bonds is 2. The Kier molecular flexibility index (Phi) is 4.76. The first-order valence-corrected chi connectivity index (χ1v) is 11.2. The minimum absolute atomic E-state index is 0.0476. The largest absolute Gasteiger partial charge is 0.441 e. The van der Waals surface area contributed by atoms with E-state index in [4.69, 9.17) is 4.42 Å². The van der Waals surface area contributed by atoms with Crippen molar-refractivity contribution in [1.29, 1.82) is 0 Å². The van der Waals surface area contributed by atoms with Crippen molar-refractivity contribution in [2.24, 2.45) is 0 Å². The summed E-state index contributed by atoms with van der Waals surface area (Å²) in [4.78, 5) is 24.0. The van der Waals surface area contributed by atoms with Crippen molar-refractivity contribution in [2.75, 3.05) is 33.2 Å². The molecule has 1 amide bonds. The molecule has 0 saturated carbocycles. The van der Waals surface area contributed by atoms with Crippen molar-refractivity contribution in [3.05, 3.63) is 59.8 Å². The minimum atomic E-state index is 0.0476. The van der Waals surface area contributed by atoms with Crippen LogP contribution in [0.5, 0.6) is 0 Å². The van der Waals surface area contributed by atoms with Gasteiger partial charge in [0.1, 0.15) is 5.52 Å². The monoisotopic (exact) mass is 408 g/mol. The number of hydrogen-bond donors (Lipinski definition) is 0. The summed E-state index contributed by atoms with van der Waals surface area (Å²) in [5, 5.41) is 1.07. The van der Waals surface area contributed by atoms with Gasteiger partial charge in [0, 0.05) is 38.8 Å². The average molecular weight is 408 g/mol. The third-order valence-corrected chi connectivity index (χ3v) is 7.25. The number of carbonyl (C=O) groups excluding carboxylic acids is 1. The highest BCUT2D eigenvalue weighted by atomic mass is 31.1. The molecular formula is C22H25N4O2P. The van der Waals surface area contributed by atoms with Gasteiger partial charge in [-0.15, -0.1) is 0 Å². The fourth-order valence-electron chi connectivity index (χ4n) is 4.13. The lowest BCUT2D eigenvalue weighted by Crippen LogP contribution is -2.38. The van der Waals surface area contributed by atoms with Gasteiger partial charge in [0.05, 0.1) is 11.5 Å². The number of benzene rings is 1. The maximum atomic E-state index is 12.9. The van der Waals surface area contributed by atoms with E-state index in [1.165, 1.54) is 0 Å². The number of fused-ring (bicyclic) bond motifs is 2. The van der Waals surface area contributed by atoms with E-state index in [2.05, 4.69) is 34.0 Å². The van der Waals surface area contributed by atoms with Gasteiger partial charge >= 0.3 is 0 Å². The number of carbonyl (C=O) groups is 1. The fourth-order valence-corrected chi connectivity index (χ4v) is 5.51. The van der Waals surface area contributed by atoms with Gasteiger partial charge in [-0.25, -0.2) is 4.98 Å². The van der Waals surface area contributed by atoms with Crippen LogP contribution < -0.4 is 0 Å². The van der Waals surface area contributed by atoms with Crippen LogP contribution in [-0.4, -0.2) is 64.6 Å². The molecule has 2 unspecified atom stereocenters. The number of hydrogen-bond acceptors (Lipinski definition) is 5. The Labute approximate surface area is 172 Å².